The SMILES string of the molecule is CCCCCCCNc1c2c(nc3ccccc13)CCCC2.CCCCCCCNc1c2c(nc3ccccc13)CCCC2.O=C([O-])/C=C/C(=O)[O-]. The molecule has 0 saturated carbocycles. The number of carbonyl (C=O) groups is 2. The van der Waals surface area contributed by atoms with Crippen molar-refractivity contribution in [1.82, 2.24) is 9.97 Å². The fourth-order valence-electron chi connectivity index (χ4n) is 7.17. The van der Waals surface area contributed by atoms with Crippen LogP contribution < -0.4 is 20.8 Å². The van der Waals surface area contributed by atoms with Crippen molar-refractivity contribution in [1.29, 1.82) is 0 Å². The van der Waals surface area contributed by atoms with Crippen molar-refractivity contribution in [2.75, 3.05) is 23.7 Å². The number of pyridine rings is 2. The smallest absolute Gasteiger partial charge is 0.0726 e. The summed E-state index contributed by atoms with van der Waals surface area (Å²) in [5, 5.41) is 28.9. The number of carbonyl (C=O) groups excluding carboxylic acids is 2. The molecule has 0 fully saturated rings. The molecule has 280 valence electrons. The van der Waals surface area contributed by atoms with Crippen LogP contribution in [-0.4, -0.2) is 35.0 Å². The number of hydrogen-bond acceptors (Lipinski definition) is 8. The quantitative estimate of drug-likeness (QED) is 0.0885. The van der Waals surface area contributed by atoms with Crippen molar-refractivity contribution in [2.45, 2.75) is 129 Å². The molecule has 2 aromatic carbocycles. The molecule has 0 radical (unpaired) electrons. The highest BCUT2D eigenvalue weighted by Crippen LogP contribution is 2.34. The second-order valence-corrected chi connectivity index (χ2v) is 13.9. The monoisotopic (exact) mass is 706 g/mol. The van der Waals surface area contributed by atoms with Gasteiger partial charge in [-0.3, -0.25) is 9.97 Å². The van der Waals surface area contributed by atoms with Crippen LogP contribution >= 0.6 is 0 Å². The zero-order chi connectivity index (χ0) is 37.0. The van der Waals surface area contributed by atoms with E-state index in [2.05, 4.69) is 73.0 Å². The Balaban J connectivity index is 0.000000193. The molecule has 6 rings (SSSR count). The standard InChI is InChI=1S/2C20H28N2.C4H4O4/c2*1-2-3-4-5-10-15-21-20-16-11-6-8-13-18(16)22-19-14-9-7-12-17(19)20;5-3(6)1-2-4(7)8/h2*6,8,11,13H,2-5,7,9-10,12,14-15H2,1H3,(H,21,22);1-2H,(H,5,6)(H,7,8)/p-2/b;;2-1+. The van der Waals surface area contributed by atoms with Crippen molar-refractivity contribution in [2.24, 2.45) is 0 Å². The summed E-state index contributed by atoms with van der Waals surface area (Å²) in [4.78, 5) is 28.6. The van der Waals surface area contributed by atoms with Crippen LogP contribution in [0.5, 0.6) is 0 Å². The van der Waals surface area contributed by atoms with Crippen LogP contribution in [0.3, 0.4) is 0 Å². The van der Waals surface area contributed by atoms with Crippen LogP contribution in [0.1, 0.15) is 126 Å². The minimum Gasteiger partial charge on any atom is -0.545 e. The van der Waals surface area contributed by atoms with Crippen molar-refractivity contribution < 1.29 is 19.8 Å². The maximum absolute atomic E-state index is 9.41. The highest BCUT2D eigenvalue weighted by Gasteiger charge is 2.19. The fourth-order valence-corrected chi connectivity index (χ4v) is 7.17. The van der Waals surface area contributed by atoms with Crippen LogP contribution in [0.4, 0.5) is 11.4 Å². The first kappa shape index (κ1) is 40.3. The van der Waals surface area contributed by atoms with Gasteiger partial charge in [0.25, 0.3) is 0 Å². The van der Waals surface area contributed by atoms with E-state index < -0.39 is 11.9 Å². The molecule has 2 aliphatic carbocycles. The summed E-state index contributed by atoms with van der Waals surface area (Å²) in [5.41, 5.74) is 10.7. The molecule has 0 saturated heterocycles. The lowest BCUT2D eigenvalue weighted by molar-refractivity contribution is -0.301. The van der Waals surface area contributed by atoms with Crippen LogP contribution in [-0.2, 0) is 35.3 Å². The molecule has 0 bridgehead atoms. The molecule has 2 N–H and O–H groups in total. The Kier molecular flexibility index (Phi) is 17.4. The van der Waals surface area contributed by atoms with E-state index in [4.69, 9.17) is 9.97 Å². The third kappa shape index (κ3) is 12.6. The predicted molar refractivity (Wildman–Crippen MR) is 210 cm³/mol. The fraction of sp³-hybridized carbons (Fsp3) is 0.500. The van der Waals surface area contributed by atoms with Crippen molar-refractivity contribution in [3.63, 3.8) is 0 Å². The van der Waals surface area contributed by atoms with Gasteiger partial charge >= 0.3 is 0 Å². The predicted octanol–water partition coefficient (Wildman–Crippen LogP) is 8.03. The second-order valence-electron chi connectivity index (χ2n) is 13.9. The largest absolute Gasteiger partial charge is 0.545 e. The number of rotatable bonds is 16. The summed E-state index contributed by atoms with van der Waals surface area (Å²) in [6.07, 6.45) is 23.9. The number of fused-ring (bicyclic) bond motifs is 4. The molecular weight excluding hydrogens is 649 g/mol. The van der Waals surface area contributed by atoms with Crippen LogP contribution in [0.25, 0.3) is 21.8 Å². The molecule has 0 spiro atoms. The number of carboxylic acids is 2. The van der Waals surface area contributed by atoms with Crippen LogP contribution in [0.2, 0.25) is 0 Å². The number of unbranched alkanes of at least 4 members (excludes halogenated alkanes) is 8. The summed E-state index contributed by atoms with van der Waals surface area (Å²) in [7, 11) is 0. The lowest BCUT2D eigenvalue weighted by Gasteiger charge is -2.21. The van der Waals surface area contributed by atoms with E-state index in [-0.39, 0.29) is 0 Å². The number of hydrogen-bond donors (Lipinski definition) is 2. The number of para-hydroxylation sites is 2. The molecule has 2 aromatic heterocycles. The van der Waals surface area contributed by atoms with Gasteiger partial charge in [-0.25, -0.2) is 0 Å². The van der Waals surface area contributed by atoms with Gasteiger partial charge in [-0.15, -0.1) is 0 Å². The van der Waals surface area contributed by atoms with Gasteiger partial charge < -0.3 is 30.4 Å². The van der Waals surface area contributed by atoms with E-state index in [9.17, 15) is 19.8 Å². The van der Waals surface area contributed by atoms with Gasteiger partial charge in [0.05, 0.1) is 23.0 Å². The van der Waals surface area contributed by atoms with Gasteiger partial charge in [-0.1, -0.05) is 102 Å². The molecule has 0 aliphatic heterocycles. The van der Waals surface area contributed by atoms with Crippen molar-refractivity contribution in [3.05, 3.63) is 83.2 Å². The van der Waals surface area contributed by atoms with Crippen molar-refractivity contribution >= 4 is 45.1 Å². The highest BCUT2D eigenvalue weighted by molar-refractivity contribution is 5.94. The average Bonchev–Trinajstić information content (AvgIpc) is 3.16. The Morgan fingerprint density at radius 3 is 1.37 bits per heavy atom. The Morgan fingerprint density at radius 2 is 0.962 bits per heavy atom. The highest BCUT2D eigenvalue weighted by atomic mass is 16.4. The van der Waals surface area contributed by atoms with E-state index in [1.807, 2.05) is 0 Å². The first-order valence-corrected chi connectivity index (χ1v) is 19.8. The molecule has 2 aliphatic rings. The molecule has 52 heavy (non-hydrogen) atoms. The lowest BCUT2D eigenvalue weighted by atomic mass is 9.92. The number of aryl methyl sites for hydroxylation is 2. The summed E-state index contributed by atoms with van der Waals surface area (Å²) >= 11 is 0. The number of aliphatic carboxylic acids is 2. The molecule has 4 aromatic rings. The van der Waals surface area contributed by atoms with Gasteiger partial charge in [-0.2, -0.15) is 0 Å². The second kappa shape index (κ2) is 22.5. The van der Waals surface area contributed by atoms with E-state index in [0.717, 1.165) is 37.0 Å². The summed E-state index contributed by atoms with van der Waals surface area (Å²) < 4.78 is 0. The maximum Gasteiger partial charge on any atom is 0.0726 e. The van der Waals surface area contributed by atoms with E-state index in [1.165, 1.54) is 147 Å². The van der Waals surface area contributed by atoms with E-state index >= 15 is 0 Å². The number of aromatic nitrogens is 2. The number of benzene rings is 2. The molecular formula is C44H58N4O4-2. The van der Waals surface area contributed by atoms with Gasteiger partial charge in [-0.05, 0) is 99.6 Å². The third-order valence-electron chi connectivity index (χ3n) is 9.86. The summed E-state index contributed by atoms with van der Waals surface area (Å²) in [6.45, 7) is 6.72. The number of nitrogens with zero attached hydrogens (tertiary/aromatic N) is 2. The summed E-state index contributed by atoms with van der Waals surface area (Å²) in [6, 6.07) is 17.2. The van der Waals surface area contributed by atoms with Gasteiger partial charge in [0.15, 0.2) is 0 Å². The first-order valence-electron chi connectivity index (χ1n) is 19.8. The lowest BCUT2D eigenvalue weighted by Crippen LogP contribution is -2.23. The maximum atomic E-state index is 9.41. The Labute approximate surface area is 310 Å². The summed E-state index contributed by atoms with van der Waals surface area (Å²) in [5.74, 6) is -3.09. The minimum absolute atomic E-state index is 0.384. The third-order valence-corrected chi connectivity index (χ3v) is 9.86. The number of nitrogens with one attached hydrogen (secondary N) is 2. The molecule has 8 nitrogen and oxygen atoms in total. The van der Waals surface area contributed by atoms with Crippen molar-refractivity contribution in [3.8, 4) is 0 Å². The van der Waals surface area contributed by atoms with E-state index in [1.54, 1.807) is 0 Å². The molecule has 2 heterocycles. The molecule has 8 heteroatoms. The zero-order valence-electron chi connectivity index (χ0n) is 31.4. The normalized spacial score (nSPS) is 13.3. The zero-order valence-corrected chi connectivity index (χ0v) is 31.4. The Hall–Kier alpha value is -4.46. The van der Waals surface area contributed by atoms with Gasteiger partial charge in [0.1, 0.15) is 0 Å². The molecule has 0 amide bonds. The van der Waals surface area contributed by atoms with Gasteiger partial charge in [0, 0.05) is 46.6 Å². The van der Waals surface area contributed by atoms with Crippen LogP contribution in [0.15, 0.2) is 60.7 Å². The molecule has 0 unspecified atom stereocenters. The first-order chi connectivity index (χ1) is 25.4. The minimum atomic E-state index is -1.55. The van der Waals surface area contributed by atoms with Gasteiger partial charge in [0.2, 0.25) is 0 Å². The van der Waals surface area contributed by atoms with Crippen LogP contribution in [0, 0.1) is 0 Å². The topological polar surface area (TPSA) is 130 Å². The van der Waals surface area contributed by atoms with E-state index in [0.29, 0.717) is 12.2 Å². The number of carboxylic acid groups (broad SMARTS) is 2. The Morgan fingerprint density at radius 1 is 0.577 bits per heavy atom. The average molecular weight is 707 g/mol. The number of anilines is 2. The molecule has 0 atom stereocenters. The Bertz CT molecular complexity index is 1620.